The van der Waals surface area contributed by atoms with Crippen LogP contribution < -0.4 is 15.4 Å². The Morgan fingerprint density at radius 3 is 2.33 bits per heavy atom. The van der Waals surface area contributed by atoms with Crippen LogP contribution in [0, 0.1) is 6.92 Å². The van der Waals surface area contributed by atoms with Crippen LogP contribution >= 0.6 is 11.6 Å². The molecular formula is C20H19ClF4N2O3. The number of aryl methyl sites for hydroxylation is 1. The van der Waals surface area contributed by atoms with Crippen molar-refractivity contribution in [3.05, 3.63) is 58.1 Å². The molecule has 0 aliphatic heterocycles. The number of rotatable bonds is 7. The summed E-state index contributed by atoms with van der Waals surface area (Å²) in [7, 11) is 0. The number of alkyl halides is 4. The molecule has 0 aliphatic rings. The number of halogens is 5. The molecule has 0 aliphatic carbocycles. The average molecular weight is 447 g/mol. The largest absolute Gasteiger partial charge is 0.461 e. The first-order valence-electron chi connectivity index (χ1n) is 8.78. The molecular weight excluding hydrogens is 428 g/mol. The number of nitrogens with one attached hydrogen (secondary N) is 2. The molecule has 2 rings (SSSR count). The van der Waals surface area contributed by atoms with Gasteiger partial charge in [-0.05, 0) is 56.7 Å². The van der Waals surface area contributed by atoms with Crippen LogP contribution in [0.4, 0.5) is 23.2 Å². The van der Waals surface area contributed by atoms with Crippen LogP contribution in [0.2, 0.25) is 5.02 Å². The number of amides is 2. The van der Waals surface area contributed by atoms with Gasteiger partial charge in [-0.25, -0.2) is 0 Å². The summed E-state index contributed by atoms with van der Waals surface area (Å²) in [6.07, 6.45) is -8.63. The maximum absolute atomic E-state index is 13.1. The van der Waals surface area contributed by atoms with Crippen LogP contribution in [-0.4, -0.2) is 30.4 Å². The summed E-state index contributed by atoms with van der Waals surface area (Å²) in [5.74, 6) is -1.69. The second-order valence-corrected chi connectivity index (χ2v) is 7.09. The van der Waals surface area contributed by atoms with Crippen LogP contribution in [0.1, 0.15) is 40.1 Å². The smallest absolute Gasteiger partial charge is 0.428 e. The molecule has 10 heteroatoms. The zero-order valence-corrected chi connectivity index (χ0v) is 17.0. The van der Waals surface area contributed by atoms with Crippen LogP contribution in [0.5, 0.6) is 5.75 Å². The van der Waals surface area contributed by atoms with Crippen LogP contribution in [0.3, 0.4) is 0 Å². The van der Waals surface area contributed by atoms with E-state index in [2.05, 4.69) is 15.4 Å². The number of hydrogen-bond donors (Lipinski definition) is 2. The molecule has 0 spiro atoms. The van der Waals surface area contributed by atoms with Gasteiger partial charge in [-0.1, -0.05) is 17.7 Å². The van der Waals surface area contributed by atoms with Gasteiger partial charge in [0.2, 0.25) is 0 Å². The second-order valence-electron chi connectivity index (χ2n) is 6.69. The monoisotopic (exact) mass is 446 g/mol. The summed E-state index contributed by atoms with van der Waals surface area (Å²) in [6.45, 7) is 4.96. The Morgan fingerprint density at radius 1 is 1.10 bits per heavy atom. The van der Waals surface area contributed by atoms with Gasteiger partial charge in [0.1, 0.15) is 5.75 Å². The zero-order valence-electron chi connectivity index (χ0n) is 16.2. The quantitative estimate of drug-likeness (QED) is 0.569. The molecule has 2 amide bonds. The standard InChI is InChI=1S/C20H19ClF4N2O3/c1-10(2)26-18(29)16-13(5-4-6-14(16)21)17(28)27-15-8-7-12(9-11(15)3)30-20(24,25)19(22)23/h4-10,19H,1-3H3,(H,26,29)(H,27,28). The van der Waals surface area contributed by atoms with Gasteiger partial charge in [-0.3, -0.25) is 9.59 Å². The van der Waals surface area contributed by atoms with Crippen molar-refractivity contribution in [3.63, 3.8) is 0 Å². The SMILES string of the molecule is Cc1cc(OC(F)(F)C(F)F)ccc1NC(=O)c1cccc(Cl)c1C(=O)NC(C)C. The third-order valence-electron chi connectivity index (χ3n) is 3.86. The molecule has 0 saturated heterocycles. The fraction of sp³-hybridized carbons (Fsp3) is 0.300. The van der Waals surface area contributed by atoms with Crippen molar-refractivity contribution in [3.8, 4) is 5.75 Å². The van der Waals surface area contributed by atoms with Crippen molar-refractivity contribution in [1.82, 2.24) is 5.32 Å². The molecule has 30 heavy (non-hydrogen) atoms. The Kier molecular flexibility index (Phi) is 7.30. The lowest BCUT2D eigenvalue weighted by molar-refractivity contribution is -0.253. The first-order chi connectivity index (χ1) is 13.9. The zero-order chi connectivity index (χ0) is 22.6. The van der Waals surface area contributed by atoms with Crippen LogP contribution in [0.25, 0.3) is 0 Å². The van der Waals surface area contributed by atoms with Crippen molar-refractivity contribution < 1.29 is 31.9 Å². The first kappa shape index (κ1) is 23.5. The molecule has 2 aromatic rings. The number of carbonyl (C=O) groups is 2. The van der Waals surface area contributed by atoms with Gasteiger partial charge in [-0.2, -0.15) is 17.6 Å². The van der Waals surface area contributed by atoms with Gasteiger partial charge in [-0.15, -0.1) is 0 Å². The molecule has 0 aromatic heterocycles. The van der Waals surface area contributed by atoms with Crippen molar-refractivity contribution in [1.29, 1.82) is 0 Å². The molecule has 0 saturated carbocycles. The summed E-state index contributed by atoms with van der Waals surface area (Å²) < 4.78 is 54.7. The van der Waals surface area contributed by atoms with Crippen molar-refractivity contribution >= 4 is 29.1 Å². The highest BCUT2D eigenvalue weighted by Crippen LogP contribution is 2.30. The van der Waals surface area contributed by atoms with Crippen molar-refractivity contribution in [2.75, 3.05) is 5.32 Å². The summed E-state index contributed by atoms with van der Waals surface area (Å²) in [4.78, 5) is 25.2. The fourth-order valence-corrected chi connectivity index (χ4v) is 2.77. The van der Waals surface area contributed by atoms with E-state index in [1.165, 1.54) is 31.2 Å². The normalized spacial score (nSPS) is 11.5. The molecule has 2 N–H and O–H groups in total. The van der Waals surface area contributed by atoms with E-state index in [0.29, 0.717) is 0 Å². The predicted octanol–water partition coefficient (Wildman–Crippen LogP) is 5.28. The minimum Gasteiger partial charge on any atom is -0.428 e. The van der Waals surface area contributed by atoms with Crippen LogP contribution in [-0.2, 0) is 0 Å². The minimum atomic E-state index is -4.64. The lowest BCUT2D eigenvalue weighted by atomic mass is 10.0. The van der Waals surface area contributed by atoms with E-state index >= 15 is 0 Å². The predicted molar refractivity (Wildman–Crippen MR) is 105 cm³/mol. The summed E-state index contributed by atoms with van der Waals surface area (Å²) in [5, 5.41) is 5.28. The Balaban J connectivity index is 2.27. The maximum atomic E-state index is 13.1. The molecule has 0 radical (unpaired) electrons. The number of carbonyl (C=O) groups excluding carboxylic acids is 2. The Morgan fingerprint density at radius 2 is 1.77 bits per heavy atom. The Labute approximate surface area is 175 Å². The second kappa shape index (κ2) is 9.34. The highest BCUT2D eigenvalue weighted by molar-refractivity contribution is 6.35. The van der Waals surface area contributed by atoms with E-state index in [9.17, 15) is 27.2 Å². The molecule has 0 atom stereocenters. The van der Waals surface area contributed by atoms with Crippen LogP contribution in [0.15, 0.2) is 36.4 Å². The molecule has 0 heterocycles. The van der Waals surface area contributed by atoms with E-state index in [-0.39, 0.29) is 33.4 Å². The lowest BCUT2D eigenvalue weighted by Crippen LogP contribution is -2.33. The fourth-order valence-electron chi connectivity index (χ4n) is 2.51. The van der Waals surface area contributed by atoms with Crippen molar-refractivity contribution in [2.24, 2.45) is 0 Å². The summed E-state index contributed by atoms with van der Waals surface area (Å²) >= 11 is 6.10. The Hall–Kier alpha value is -2.81. The topological polar surface area (TPSA) is 67.4 Å². The van der Waals surface area contributed by atoms with Gasteiger partial charge >= 0.3 is 12.5 Å². The third kappa shape index (κ3) is 5.63. The van der Waals surface area contributed by atoms with Gasteiger partial charge in [0, 0.05) is 11.7 Å². The Bertz CT molecular complexity index is 952. The molecule has 5 nitrogen and oxygen atoms in total. The molecule has 162 valence electrons. The summed E-state index contributed by atoms with van der Waals surface area (Å²) in [6, 6.07) is 7.51. The van der Waals surface area contributed by atoms with E-state index in [1.54, 1.807) is 13.8 Å². The van der Waals surface area contributed by atoms with E-state index in [0.717, 1.165) is 12.1 Å². The highest BCUT2D eigenvalue weighted by atomic mass is 35.5. The number of benzene rings is 2. The number of ether oxygens (including phenoxy) is 1. The lowest BCUT2D eigenvalue weighted by Gasteiger charge is -2.18. The van der Waals surface area contributed by atoms with E-state index in [4.69, 9.17) is 11.6 Å². The molecule has 2 aromatic carbocycles. The van der Waals surface area contributed by atoms with Gasteiger partial charge in [0.05, 0.1) is 16.1 Å². The van der Waals surface area contributed by atoms with Crippen molar-refractivity contribution in [2.45, 2.75) is 39.3 Å². The van der Waals surface area contributed by atoms with Gasteiger partial charge in [0.25, 0.3) is 11.8 Å². The van der Waals surface area contributed by atoms with E-state index in [1.807, 2.05) is 0 Å². The van der Waals surface area contributed by atoms with Gasteiger partial charge in [0.15, 0.2) is 0 Å². The molecule has 0 bridgehead atoms. The first-order valence-corrected chi connectivity index (χ1v) is 9.16. The minimum absolute atomic E-state index is 0.00427. The average Bonchev–Trinajstić information content (AvgIpc) is 2.62. The highest BCUT2D eigenvalue weighted by Gasteiger charge is 2.44. The number of hydrogen-bond acceptors (Lipinski definition) is 3. The summed E-state index contributed by atoms with van der Waals surface area (Å²) in [5.41, 5.74) is 0.480. The third-order valence-corrected chi connectivity index (χ3v) is 4.17. The van der Waals surface area contributed by atoms with Gasteiger partial charge < -0.3 is 15.4 Å². The maximum Gasteiger partial charge on any atom is 0.461 e. The van der Waals surface area contributed by atoms with E-state index < -0.39 is 30.1 Å². The molecule has 0 unspecified atom stereocenters. The molecule has 0 fully saturated rings. The number of anilines is 1.